The summed E-state index contributed by atoms with van der Waals surface area (Å²) >= 11 is 0. The molecule has 2 saturated carbocycles. The molecule has 4 rings (SSSR count). The van der Waals surface area contributed by atoms with Crippen molar-refractivity contribution in [2.24, 2.45) is 22.9 Å². The van der Waals surface area contributed by atoms with Crippen LogP contribution in [0.4, 0.5) is 0 Å². The number of nitrogens with zero attached hydrogens (tertiary/aromatic N) is 1. The number of rotatable bonds is 3. The highest BCUT2D eigenvalue weighted by atomic mass is 16.2. The summed E-state index contributed by atoms with van der Waals surface area (Å²) < 4.78 is 0. The Bertz CT molecular complexity index is 725. The molecule has 2 aromatic carbocycles. The third kappa shape index (κ3) is 2.52. The lowest BCUT2D eigenvalue weighted by atomic mass is 10.0. The molecule has 0 saturated heterocycles. The van der Waals surface area contributed by atoms with E-state index in [0.29, 0.717) is 11.8 Å². The summed E-state index contributed by atoms with van der Waals surface area (Å²) in [6, 6.07) is 14.4. The minimum Gasteiger partial charge on any atom is -0.273 e. The molecule has 2 aliphatic carbocycles. The van der Waals surface area contributed by atoms with Crippen LogP contribution in [0.25, 0.3) is 10.8 Å². The Balaban J connectivity index is 1.40. The van der Waals surface area contributed by atoms with Crippen LogP contribution >= 0.6 is 0 Å². The number of nitrogens with one attached hydrogen (secondary N) is 1. The topological polar surface area (TPSA) is 41.5 Å². The first-order valence-corrected chi connectivity index (χ1v) is 8.15. The molecule has 0 aromatic heterocycles. The van der Waals surface area contributed by atoms with E-state index in [2.05, 4.69) is 34.8 Å². The third-order valence-electron chi connectivity index (χ3n) is 5.12. The summed E-state index contributed by atoms with van der Waals surface area (Å²) in [6.07, 6.45) is 6.74. The fraction of sp³-hybridized carbons (Fsp3) is 0.368. The summed E-state index contributed by atoms with van der Waals surface area (Å²) in [5.74, 6) is 1.58. The van der Waals surface area contributed by atoms with Gasteiger partial charge in [0.2, 0.25) is 5.91 Å². The highest BCUT2D eigenvalue weighted by Crippen LogP contribution is 2.55. The molecule has 0 unspecified atom stereocenters. The summed E-state index contributed by atoms with van der Waals surface area (Å²) in [5, 5.41) is 6.54. The molecule has 2 atom stereocenters. The second kappa shape index (κ2) is 5.56. The maximum atomic E-state index is 12.1. The van der Waals surface area contributed by atoms with Gasteiger partial charge in [-0.25, -0.2) is 5.43 Å². The van der Waals surface area contributed by atoms with E-state index in [9.17, 15) is 4.79 Å². The summed E-state index contributed by atoms with van der Waals surface area (Å²) in [7, 11) is 0. The zero-order chi connectivity index (χ0) is 14.9. The molecule has 1 N–H and O–H groups in total. The van der Waals surface area contributed by atoms with Crippen LogP contribution in [0.15, 0.2) is 47.6 Å². The van der Waals surface area contributed by atoms with Gasteiger partial charge < -0.3 is 0 Å². The van der Waals surface area contributed by atoms with Gasteiger partial charge >= 0.3 is 0 Å². The number of hydrogen-bond donors (Lipinski definition) is 1. The third-order valence-corrected chi connectivity index (χ3v) is 5.12. The van der Waals surface area contributed by atoms with Gasteiger partial charge in [-0.2, -0.15) is 5.10 Å². The van der Waals surface area contributed by atoms with Crippen molar-refractivity contribution in [2.45, 2.75) is 25.7 Å². The Hall–Kier alpha value is -2.16. The molecule has 1 amide bonds. The fourth-order valence-corrected chi connectivity index (χ4v) is 3.91. The molecule has 0 aliphatic heterocycles. The predicted molar refractivity (Wildman–Crippen MR) is 88.6 cm³/mol. The van der Waals surface area contributed by atoms with Crippen molar-refractivity contribution in [3.05, 3.63) is 48.0 Å². The minimum absolute atomic E-state index is 0.105. The average molecular weight is 292 g/mol. The van der Waals surface area contributed by atoms with Crippen molar-refractivity contribution in [2.75, 3.05) is 0 Å². The molecule has 0 spiro atoms. The molecule has 22 heavy (non-hydrogen) atoms. The number of hydrogen-bond acceptors (Lipinski definition) is 2. The second-order valence-corrected chi connectivity index (χ2v) is 6.48. The van der Waals surface area contributed by atoms with Crippen molar-refractivity contribution < 1.29 is 4.79 Å². The van der Waals surface area contributed by atoms with Crippen LogP contribution in [0.2, 0.25) is 0 Å². The Morgan fingerprint density at radius 2 is 1.77 bits per heavy atom. The Morgan fingerprint density at radius 3 is 2.55 bits per heavy atom. The van der Waals surface area contributed by atoms with Crippen molar-refractivity contribution in [3.8, 4) is 0 Å². The highest BCUT2D eigenvalue weighted by molar-refractivity contribution is 5.91. The molecule has 3 nitrogen and oxygen atoms in total. The quantitative estimate of drug-likeness (QED) is 0.680. The molecular weight excluding hydrogens is 272 g/mol. The summed E-state index contributed by atoms with van der Waals surface area (Å²) in [6.45, 7) is 0. The molecule has 2 fully saturated rings. The van der Waals surface area contributed by atoms with E-state index in [1.165, 1.54) is 36.5 Å². The molecule has 0 heterocycles. The van der Waals surface area contributed by atoms with Crippen molar-refractivity contribution >= 4 is 22.9 Å². The highest BCUT2D eigenvalue weighted by Gasteiger charge is 2.54. The summed E-state index contributed by atoms with van der Waals surface area (Å²) in [4.78, 5) is 12.1. The SMILES string of the molecule is O=C(NN=Cc1ccc2ccccc2c1)C1[C@@H]2CCCC[C@@H]12. The summed E-state index contributed by atoms with van der Waals surface area (Å²) in [5.41, 5.74) is 3.73. The molecule has 0 radical (unpaired) electrons. The molecule has 112 valence electrons. The lowest BCUT2D eigenvalue weighted by molar-refractivity contribution is -0.122. The van der Waals surface area contributed by atoms with Crippen LogP contribution in [-0.2, 0) is 4.79 Å². The van der Waals surface area contributed by atoms with Crippen molar-refractivity contribution in [1.82, 2.24) is 5.43 Å². The van der Waals surface area contributed by atoms with E-state index in [1.54, 1.807) is 6.21 Å². The number of benzene rings is 2. The Morgan fingerprint density at radius 1 is 1.05 bits per heavy atom. The number of hydrazone groups is 1. The molecule has 2 aromatic rings. The average Bonchev–Trinajstić information content (AvgIpc) is 3.29. The lowest BCUT2D eigenvalue weighted by Gasteiger charge is -2.04. The van der Waals surface area contributed by atoms with Gasteiger partial charge in [-0.15, -0.1) is 0 Å². The largest absolute Gasteiger partial charge is 0.273 e. The van der Waals surface area contributed by atoms with E-state index in [1.807, 2.05) is 18.2 Å². The van der Waals surface area contributed by atoms with Crippen LogP contribution in [-0.4, -0.2) is 12.1 Å². The first-order valence-electron chi connectivity index (χ1n) is 8.15. The van der Waals surface area contributed by atoms with E-state index in [0.717, 1.165) is 5.56 Å². The van der Waals surface area contributed by atoms with Crippen LogP contribution in [0, 0.1) is 17.8 Å². The zero-order valence-corrected chi connectivity index (χ0v) is 12.5. The first kappa shape index (κ1) is 13.5. The Labute approximate surface area is 130 Å². The number of carbonyl (C=O) groups is 1. The van der Waals surface area contributed by atoms with E-state index >= 15 is 0 Å². The maximum Gasteiger partial charge on any atom is 0.243 e. The van der Waals surface area contributed by atoms with E-state index in [-0.39, 0.29) is 11.8 Å². The van der Waals surface area contributed by atoms with Crippen LogP contribution in [0.5, 0.6) is 0 Å². The van der Waals surface area contributed by atoms with Gasteiger partial charge in [0.15, 0.2) is 0 Å². The number of fused-ring (bicyclic) bond motifs is 2. The lowest BCUT2D eigenvalue weighted by Crippen LogP contribution is -2.20. The van der Waals surface area contributed by atoms with Gasteiger partial charge in [-0.3, -0.25) is 4.79 Å². The second-order valence-electron chi connectivity index (χ2n) is 6.48. The van der Waals surface area contributed by atoms with Gasteiger partial charge in [-0.1, -0.05) is 49.2 Å². The Kier molecular flexibility index (Phi) is 3.41. The molecule has 0 bridgehead atoms. The van der Waals surface area contributed by atoms with E-state index in [4.69, 9.17) is 0 Å². The van der Waals surface area contributed by atoms with E-state index < -0.39 is 0 Å². The monoisotopic (exact) mass is 292 g/mol. The molecule has 2 aliphatic rings. The van der Waals surface area contributed by atoms with Crippen LogP contribution < -0.4 is 5.43 Å². The predicted octanol–water partition coefficient (Wildman–Crippen LogP) is 3.73. The first-order chi connectivity index (χ1) is 10.8. The van der Waals surface area contributed by atoms with Crippen LogP contribution in [0.1, 0.15) is 31.2 Å². The van der Waals surface area contributed by atoms with Gasteiger partial charge in [0.05, 0.1) is 6.21 Å². The number of carbonyl (C=O) groups excluding carboxylic acids is 1. The van der Waals surface area contributed by atoms with Gasteiger partial charge in [0.1, 0.15) is 0 Å². The standard InChI is InChI=1S/C19H20N2O/c22-19(18-16-7-3-4-8-17(16)18)21-20-12-13-9-10-14-5-1-2-6-15(14)11-13/h1-2,5-6,9-12,16-18H,3-4,7-8H2,(H,21,22)/t16-,17-/m1/s1. The maximum absolute atomic E-state index is 12.1. The van der Waals surface area contributed by atoms with Crippen molar-refractivity contribution in [1.29, 1.82) is 0 Å². The normalized spacial score (nSPS) is 26.8. The number of amides is 1. The molecular formula is C19H20N2O. The van der Waals surface area contributed by atoms with Gasteiger partial charge in [0, 0.05) is 5.92 Å². The van der Waals surface area contributed by atoms with Crippen molar-refractivity contribution in [3.63, 3.8) is 0 Å². The van der Waals surface area contributed by atoms with Gasteiger partial charge in [0.25, 0.3) is 0 Å². The smallest absolute Gasteiger partial charge is 0.243 e. The zero-order valence-electron chi connectivity index (χ0n) is 12.5. The minimum atomic E-state index is 0.105. The fourth-order valence-electron chi connectivity index (χ4n) is 3.91. The van der Waals surface area contributed by atoms with Crippen LogP contribution in [0.3, 0.4) is 0 Å². The molecule has 3 heteroatoms. The van der Waals surface area contributed by atoms with Gasteiger partial charge in [-0.05, 0) is 47.1 Å².